The Kier molecular flexibility index (Phi) is 7.86. The van der Waals surface area contributed by atoms with Gasteiger partial charge in [0.05, 0.1) is 35.3 Å². The standard InChI is InChI=1S/C34H36N2O8/c1-19-9-11-21-25(13-19)35(31(39)43-33(3,4)17-41-7)27-15-24-28(16-23(27)29(21)37)36(32(40)44-34(5,6)18-42-8)26-14-20(2)10-12-22(26)30(24)38/h9-16H,17-18H2,1-8H3. The number of carbonyl (C=O) groups excluding carboxylic acids is 2. The molecule has 0 fully saturated rings. The number of carbonyl (C=O) groups is 2. The monoisotopic (exact) mass is 600 g/mol. The summed E-state index contributed by atoms with van der Waals surface area (Å²) in [6, 6.07) is 13.3. The van der Waals surface area contributed by atoms with Gasteiger partial charge < -0.3 is 18.9 Å². The Morgan fingerprint density at radius 1 is 0.591 bits per heavy atom. The first-order chi connectivity index (χ1) is 20.7. The zero-order valence-corrected chi connectivity index (χ0v) is 26.2. The number of methoxy groups -OCH3 is 2. The van der Waals surface area contributed by atoms with E-state index in [0.717, 1.165) is 11.1 Å². The van der Waals surface area contributed by atoms with Gasteiger partial charge >= 0.3 is 12.2 Å². The summed E-state index contributed by atoms with van der Waals surface area (Å²) < 4.78 is 24.8. The van der Waals surface area contributed by atoms with Gasteiger partial charge in [-0.25, -0.2) is 18.7 Å². The number of fused-ring (bicyclic) bond motifs is 4. The maximum Gasteiger partial charge on any atom is 0.419 e. The molecule has 3 aromatic carbocycles. The molecular weight excluding hydrogens is 564 g/mol. The normalized spacial score (nSPS) is 12.4. The topological polar surface area (TPSA) is 115 Å². The molecule has 0 aliphatic heterocycles. The smallest absolute Gasteiger partial charge is 0.419 e. The van der Waals surface area contributed by atoms with Crippen LogP contribution >= 0.6 is 0 Å². The maximum atomic E-state index is 14.0. The van der Waals surface area contributed by atoms with E-state index in [0.29, 0.717) is 11.0 Å². The Morgan fingerprint density at radius 3 is 1.27 bits per heavy atom. The summed E-state index contributed by atoms with van der Waals surface area (Å²) in [6.45, 7) is 10.8. The van der Waals surface area contributed by atoms with E-state index in [4.69, 9.17) is 18.9 Å². The predicted molar refractivity (Wildman–Crippen MR) is 170 cm³/mol. The highest BCUT2D eigenvalue weighted by molar-refractivity contribution is 6.09. The molecule has 0 saturated heterocycles. The lowest BCUT2D eigenvalue weighted by molar-refractivity contribution is -0.0176. The van der Waals surface area contributed by atoms with E-state index in [-0.39, 0.29) is 56.6 Å². The van der Waals surface area contributed by atoms with Crippen molar-refractivity contribution in [2.45, 2.75) is 52.7 Å². The number of ether oxygens (including phenoxy) is 4. The molecule has 5 aromatic rings. The zero-order valence-electron chi connectivity index (χ0n) is 26.2. The van der Waals surface area contributed by atoms with Crippen LogP contribution in [0.2, 0.25) is 0 Å². The minimum absolute atomic E-state index is 0.124. The summed E-state index contributed by atoms with van der Waals surface area (Å²) in [6.07, 6.45) is -1.49. The third-order valence-electron chi connectivity index (χ3n) is 7.44. The lowest BCUT2D eigenvalue weighted by Gasteiger charge is -2.26. The van der Waals surface area contributed by atoms with Crippen LogP contribution in [0.4, 0.5) is 9.59 Å². The number of aryl methyl sites for hydroxylation is 2. The number of aromatic nitrogens is 2. The average molecular weight is 601 g/mol. The fraction of sp³-hybridized carbons (Fsp3) is 0.353. The van der Waals surface area contributed by atoms with Crippen LogP contribution in [-0.2, 0) is 18.9 Å². The average Bonchev–Trinajstić information content (AvgIpc) is 2.92. The molecule has 0 atom stereocenters. The Morgan fingerprint density at radius 2 is 0.932 bits per heavy atom. The molecular formula is C34H36N2O8. The minimum atomic E-state index is -0.992. The highest BCUT2D eigenvalue weighted by Crippen LogP contribution is 2.29. The number of nitrogens with zero attached hydrogens (tertiary/aromatic N) is 2. The molecule has 0 unspecified atom stereocenters. The zero-order chi connectivity index (χ0) is 32.1. The van der Waals surface area contributed by atoms with Crippen LogP contribution in [0.5, 0.6) is 0 Å². The number of benzene rings is 3. The molecule has 0 amide bonds. The summed E-state index contributed by atoms with van der Waals surface area (Å²) in [4.78, 5) is 55.7. The first kappa shape index (κ1) is 30.9. The van der Waals surface area contributed by atoms with Gasteiger partial charge in [-0.05, 0) is 89.1 Å². The van der Waals surface area contributed by atoms with Crippen LogP contribution in [0.15, 0.2) is 58.1 Å². The summed E-state index contributed by atoms with van der Waals surface area (Å²) in [5.41, 5.74) is -0.0809. The van der Waals surface area contributed by atoms with Crippen LogP contribution in [0.1, 0.15) is 38.8 Å². The SMILES string of the molecule is COCC(C)(C)OC(=O)n1c2cc(C)ccc2c(=O)c2cc3c(cc21)c(=O)c1ccc(C)cc1n3C(=O)OC(C)(C)COC. The molecule has 10 heteroatoms. The summed E-state index contributed by atoms with van der Waals surface area (Å²) in [5.74, 6) is 0. The van der Waals surface area contributed by atoms with Crippen molar-refractivity contribution in [3.8, 4) is 0 Å². The van der Waals surface area contributed by atoms with Crippen molar-refractivity contribution in [3.05, 3.63) is 80.1 Å². The van der Waals surface area contributed by atoms with E-state index < -0.39 is 23.4 Å². The largest absolute Gasteiger partial charge is 0.440 e. The molecule has 0 aliphatic rings. The molecule has 0 saturated carbocycles. The van der Waals surface area contributed by atoms with E-state index in [2.05, 4.69) is 0 Å². The van der Waals surface area contributed by atoms with Crippen LogP contribution in [0.25, 0.3) is 43.6 Å². The maximum absolute atomic E-state index is 14.0. The number of rotatable bonds is 6. The van der Waals surface area contributed by atoms with Gasteiger partial charge in [0.25, 0.3) is 0 Å². The first-order valence-corrected chi connectivity index (χ1v) is 14.2. The van der Waals surface area contributed by atoms with Crippen molar-refractivity contribution in [1.82, 2.24) is 9.13 Å². The molecule has 5 rings (SSSR count). The lowest BCUT2D eigenvalue weighted by atomic mass is 10.0. The summed E-state index contributed by atoms with van der Waals surface area (Å²) in [7, 11) is 3.01. The summed E-state index contributed by atoms with van der Waals surface area (Å²) >= 11 is 0. The van der Waals surface area contributed by atoms with E-state index in [1.54, 1.807) is 64.1 Å². The Balaban J connectivity index is 1.94. The number of hydrogen-bond donors (Lipinski definition) is 0. The van der Waals surface area contributed by atoms with Crippen molar-refractivity contribution in [2.75, 3.05) is 27.4 Å². The van der Waals surface area contributed by atoms with Crippen molar-refractivity contribution in [1.29, 1.82) is 0 Å². The van der Waals surface area contributed by atoms with E-state index >= 15 is 0 Å². The Labute approximate surface area is 253 Å². The molecule has 0 aliphatic carbocycles. The van der Waals surface area contributed by atoms with Crippen molar-refractivity contribution >= 4 is 55.8 Å². The Bertz CT molecular complexity index is 1950. The highest BCUT2D eigenvalue weighted by Gasteiger charge is 2.29. The second-order valence-corrected chi connectivity index (χ2v) is 12.4. The van der Waals surface area contributed by atoms with Crippen molar-refractivity contribution in [2.24, 2.45) is 0 Å². The number of hydrogen-bond acceptors (Lipinski definition) is 8. The molecule has 0 radical (unpaired) electrons. The molecule has 10 nitrogen and oxygen atoms in total. The third kappa shape index (κ3) is 5.46. The van der Waals surface area contributed by atoms with Gasteiger partial charge in [0.2, 0.25) is 0 Å². The van der Waals surface area contributed by atoms with Gasteiger partial charge in [-0.1, -0.05) is 12.1 Å². The fourth-order valence-corrected chi connectivity index (χ4v) is 5.61. The van der Waals surface area contributed by atoms with Crippen LogP contribution in [0, 0.1) is 13.8 Å². The minimum Gasteiger partial charge on any atom is -0.440 e. The lowest BCUT2D eigenvalue weighted by Crippen LogP contribution is -2.35. The first-order valence-electron chi connectivity index (χ1n) is 14.2. The molecule has 2 aromatic heterocycles. The van der Waals surface area contributed by atoms with Crippen LogP contribution in [0.3, 0.4) is 0 Å². The van der Waals surface area contributed by atoms with Gasteiger partial charge in [0.1, 0.15) is 11.2 Å². The van der Waals surface area contributed by atoms with Crippen molar-refractivity contribution < 1.29 is 28.5 Å². The second-order valence-electron chi connectivity index (χ2n) is 12.4. The van der Waals surface area contributed by atoms with E-state index in [1.165, 1.54) is 35.5 Å². The van der Waals surface area contributed by atoms with Crippen LogP contribution < -0.4 is 10.9 Å². The van der Waals surface area contributed by atoms with E-state index in [9.17, 15) is 19.2 Å². The van der Waals surface area contributed by atoms with Gasteiger partial charge in [-0.3, -0.25) is 9.59 Å². The Hall–Kier alpha value is -4.54. The molecule has 0 N–H and O–H groups in total. The highest BCUT2D eigenvalue weighted by atomic mass is 16.6. The van der Waals surface area contributed by atoms with Gasteiger partial charge in [-0.15, -0.1) is 0 Å². The van der Waals surface area contributed by atoms with Gasteiger partial charge in [0, 0.05) is 35.8 Å². The molecule has 44 heavy (non-hydrogen) atoms. The molecule has 230 valence electrons. The predicted octanol–water partition coefficient (Wildman–Crippen LogP) is 6.06. The second kappa shape index (κ2) is 11.2. The summed E-state index contributed by atoms with van der Waals surface area (Å²) in [5, 5.41) is 0.801. The molecule has 2 heterocycles. The van der Waals surface area contributed by atoms with Crippen molar-refractivity contribution in [3.63, 3.8) is 0 Å². The van der Waals surface area contributed by atoms with Gasteiger partial charge in [0.15, 0.2) is 10.9 Å². The third-order valence-corrected chi connectivity index (χ3v) is 7.44. The number of pyridine rings is 2. The fourth-order valence-electron chi connectivity index (χ4n) is 5.61. The van der Waals surface area contributed by atoms with Gasteiger partial charge in [-0.2, -0.15) is 0 Å². The quantitative estimate of drug-likeness (QED) is 0.216. The van der Waals surface area contributed by atoms with Crippen LogP contribution in [-0.4, -0.2) is 60.0 Å². The molecule has 0 spiro atoms. The molecule has 0 bridgehead atoms. The van der Waals surface area contributed by atoms with E-state index in [1.807, 2.05) is 13.8 Å².